The zero-order chi connectivity index (χ0) is 19.4. The fourth-order valence-electron chi connectivity index (χ4n) is 2.90. The molecule has 0 bridgehead atoms. The SMILES string of the molecule is O=C(O)c1ccc(C(=O)N2CCN(C(=O)Cc3ccccc3F)CC2)cn1. The predicted octanol–water partition coefficient (Wildman–Crippen LogP) is 1.45. The number of rotatable bonds is 4. The predicted molar refractivity (Wildman–Crippen MR) is 93.8 cm³/mol. The molecule has 140 valence electrons. The Labute approximate surface area is 155 Å². The van der Waals surface area contributed by atoms with Crippen molar-refractivity contribution < 1.29 is 23.9 Å². The van der Waals surface area contributed by atoms with Crippen LogP contribution in [0.15, 0.2) is 42.6 Å². The first-order valence-electron chi connectivity index (χ1n) is 8.45. The summed E-state index contributed by atoms with van der Waals surface area (Å²) in [5.41, 5.74) is 0.520. The molecule has 2 aromatic rings. The molecule has 0 atom stereocenters. The second kappa shape index (κ2) is 7.94. The van der Waals surface area contributed by atoms with Gasteiger partial charge in [0, 0.05) is 32.4 Å². The number of hydrogen-bond donors (Lipinski definition) is 1. The third kappa shape index (κ3) is 4.28. The highest BCUT2D eigenvalue weighted by Gasteiger charge is 2.25. The second-order valence-electron chi connectivity index (χ2n) is 6.18. The van der Waals surface area contributed by atoms with Gasteiger partial charge in [-0.2, -0.15) is 0 Å². The lowest BCUT2D eigenvalue weighted by atomic mass is 10.1. The molecule has 1 N–H and O–H groups in total. The summed E-state index contributed by atoms with van der Waals surface area (Å²) in [6.07, 6.45) is 1.22. The first-order chi connectivity index (χ1) is 13.0. The number of benzene rings is 1. The van der Waals surface area contributed by atoms with Gasteiger partial charge in [0.1, 0.15) is 11.5 Å². The Hall–Kier alpha value is -3.29. The molecule has 0 radical (unpaired) electrons. The molecule has 1 fully saturated rings. The Morgan fingerprint density at radius 2 is 1.67 bits per heavy atom. The van der Waals surface area contributed by atoms with Crippen LogP contribution < -0.4 is 0 Å². The Morgan fingerprint density at radius 3 is 2.26 bits per heavy atom. The molecule has 7 nitrogen and oxygen atoms in total. The van der Waals surface area contributed by atoms with E-state index < -0.39 is 11.8 Å². The van der Waals surface area contributed by atoms with Crippen LogP contribution in [0.2, 0.25) is 0 Å². The van der Waals surface area contributed by atoms with Gasteiger partial charge < -0.3 is 14.9 Å². The van der Waals surface area contributed by atoms with E-state index in [1.807, 2.05) is 0 Å². The molecule has 0 aliphatic carbocycles. The fourth-order valence-corrected chi connectivity index (χ4v) is 2.90. The molecule has 1 aromatic carbocycles. The van der Waals surface area contributed by atoms with Crippen LogP contribution in [0.25, 0.3) is 0 Å². The van der Waals surface area contributed by atoms with E-state index in [1.165, 1.54) is 24.4 Å². The van der Waals surface area contributed by atoms with Crippen molar-refractivity contribution in [3.05, 3.63) is 65.2 Å². The summed E-state index contributed by atoms with van der Waals surface area (Å²) >= 11 is 0. The van der Waals surface area contributed by atoms with E-state index in [2.05, 4.69) is 4.98 Å². The maximum absolute atomic E-state index is 13.7. The van der Waals surface area contributed by atoms with Gasteiger partial charge in [0.05, 0.1) is 12.0 Å². The van der Waals surface area contributed by atoms with Crippen LogP contribution in [0, 0.1) is 5.82 Å². The molecule has 2 amide bonds. The molecule has 1 aliphatic rings. The van der Waals surface area contributed by atoms with Crippen LogP contribution in [-0.4, -0.2) is 63.9 Å². The van der Waals surface area contributed by atoms with Crippen molar-refractivity contribution in [2.45, 2.75) is 6.42 Å². The molecule has 2 heterocycles. The van der Waals surface area contributed by atoms with E-state index in [0.29, 0.717) is 37.3 Å². The van der Waals surface area contributed by atoms with Gasteiger partial charge in [-0.1, -0.05) is 18.2 Å². The van der Waals surface area contributed by atoms with Gasteiger partial charge in [-0.3, -0.25) is 9.59 Å². The lowest BCUT2D eigenvalue weighted by molar-refractivity contribution is -0.132. The van der Waals surface area contributed by atoms with Crippen LogP contribution in [0.4, 0.5) is 4.39 Å². The van der Waals surface area contributed by atoms with Gasteiger partial charge in [0.2, 0.25) is 5.91 Å². The number of aromatic nitrogens is 1. The van der Waals surface area contributed by atoms with Crippen molar-refractivity contribution in [2.24, 2.45) is 0 Å². The minimum atomic E-state index is -1.16. The second-order valence-corrected chi connectivity index (χ2v) is 6.18. The van der Waals surface area contributed by atoms with E-state index in [1.54, 1.807) is 28.0 Å². The number of amides is 2. The third-order valence-electron chi connectivity index (χ3n) is 4.45. The van der Waals surface area contributed by atoms with Gasteiger partial charge >= 0.3 is 5.97 Å². The third-order valence-corrected chi connectivity index (χ3v) is 4.45. The summed E-state index contributed by atoms with van der Waals surface area (Å²) in [6, 6.07) is 8.87. The lowest BCUT2D eigenvalue weighted by Gasteiger charge is -2.34. The first kappa shape index (κ1) is 18.5. The molecule has 0 saturated carbocycles. The average molecular weight is 371 g/mol. The molecule has 3 rings (SSSR count). The lowest BCUT2D eigenvalue weighted by Crippen LogP contribution is -2.51. The number of aromatic carboxylic acids is 1. The largest absolute Gasteiger partial charge is 0.477 e. The van der Waals surface area contributed by atoms with Gasteiger partial charge in [-0.15, -0.1) is 0 Å². The maximum atomic E-state index is 13.7. The summed E-state index contributed by atoms with van der Waals surface area (Å²) in [4.78, 5) is 42.6. The summed E-state index contributed by atoms with van der Waals surface area (Å²) in [6.45, 7) is 1.42. The Kier molecular flexibility index (Phi) is 5.44. The minimum Gasteiger partial charge on any atom is -0.477 e. The number of piperazine rings is 1. The van der Waals surface area contributed by atoms with Crippen LogP contribution in [0.5, 0.6) is 0 Å². The van der Waals surface area contributed by atoms with Crippen LogP contribution in [0.3, 0.4) is 0 Å². The zero-order valence-corrected chi connectivity index (χ0v) is 14.5. The average Bonchev–Trinajstić information content (AvgIpc) is 2.69. The van der Waals surface area contributed by atoms with Gasteiger partial charge in [0.15, 0.2) is 0 Å². The van der Waals surface area contributed by atoms with E-state index in [-0.39, 0.29) is 23.9 Å². The summed E-state index contributed by atoms with van der Waals surface area (Å²) < 4.78 is 13.7. The number of nitrogens with zero attached hydrogens (tertiary/aromatic N) is 3. The number of carboxylic acid groups (broad SMARTS) is 1. The van der Waals surface area contributed by atoms with Crippen molar-refractivity contribution in [3.63, 3.8) is 0 Å². The molecular formula is C19H18FN3O4. The number of carbonyl (C=O) groups excluding carboxylic acids is 2. The highest BCUT2D eigenvalue weighted by Crippen LogP contribution is 2.12. The number of carbonyl (C=O) groups is 3. The zero-order valence-electron chi connectivity index (χ0n) is 14.5. The normalized spacial score (nSPS) is 14.1. The molecule has 0 spiro atoms. The van der Waals surface area contributed by atoms with Crippen molar-refractivity contribution in [2.75, 3.05) is 26.2 Å². The minimum absolute atomic E-state index is 0.0127. The highest BCUT2D eigenvalue weighted by atomic mass is 19.1. The molecule has 1 aliphatic heterocycles. The topological polar surface area (TPSA) is 90.8 Å². The maximum Gasteiger partial charge on any atom is 0.354 e. The molecule has 8 heteroatoms. The highest BCUT2D eigenvalue weighted by molar-refractivity contribution is 5.95. The summed E-state index contributed by atoms with van der Waals surface area (Å²) in [5, 5.41) is 8.85. The van der Waals surface area contributed by atoms with Gasteiger partial charge in [-0.05, 0) is 23.8 Å². The van der Waals surface area contributed by atoms with Crippen LogP contribution in [0.1, 0.15) is 26.4 Å². The van der Waals surface area contributed by atoms with Gasteiger partial charge in [-0.25, -0.2) is 14.2 Å². The van der Waals surface area contributed by atoms with Crippen LogP contribution >= 0.6 is 0 Å². The number of hydrogen-bond acceptors (Lipinski definition) is 4. The van der Waals surface area contributed by atoms with Crippen molar-refractivity contribution in [3.8, 4) is 0 Å². The summed E-state index contributed by atoms with van der Waals surface area (Å²) in [7, 11) is 0. The first-order valence-corrected chi connectivity index (χ1v) is 8.45. The van der Waals surface area contributed by atoms with Crippen LogP contribution in [-0.2, 0) is 11.2 Å². The van der Waals surface area contributed by atoms with Gasteiger partial charge in [0.25, 0.3) is 5.91 Å². The van der Waals surface area contributed by atoms with Crippen molar-refractivity contribution in [1.82, 2.24) is 14.8 Å². The Morgan fingerprint density at radius 1 is 1.00 bits per heavy atom. The smallest absolute Gasteiger partial charge is 0.354 e. The fraction of sp³-hybridized carbons (Fsp3) is 0.263. The quantitative estimate of drug-likeness (QED) is 0.878. The molecule has 1 aromatic heterocycles. The molecular weight excluding hydrogens is 353 g/mol. The van der Waals surface area contributed by atoms with E-state index in [9.17, 15) is 18.8 Å². The number of halogens is 1. The molecule has 1 saturated heterocycles. The number of carboxylic acids is 1. The Bertz CT molecular complexity index is 862. The molecule has 0 unspecified atom stereocenters. The summed E-state index contributed by atoms with van der Waals surface area (Å²) in [5.74, 6) is -2.01. The standard InChI is InChI=1S/C19H18FN3O4/c20-15-4-2-1-3-13(15)11-17(24)22-7-9-23(10-8-22)18(25)14-5-6-16(19(26)27)21-12-14/h1-6,12H,7-11H2,(H,26,27). The van der Waals surface area contributed by atoms with E-state index in [0.717, 1.165) is 0 Å². The Balaban J connectivity index is 1.56. The van der Waals surface area contributed by atoms with E-state index in [4.69, 9.17) is 5.11 Å². The number of pyridine rings is 1. The van der Waals surface area contributed by atoms with E-state index >= 15 is 0 Å². The molecule has 27 heavy (non-hydrogen) atoms. The monoisotopic (exact) mass is 371 g/mol. The van der Waals surface area contributed by atoms with Crippen molar-refractivity contribution in [1.29, 1.82) is 0 Å². The van der Waals surface area contributed by atoms with Crippen molar-refractivity contribution >= 4 is 17.8 Å².